The molecule has 0 radical (unpaired) electrons. The molecule has 2 aromatic rings. The Bertz CT molecular complexity index is 697. The number of halogens is 1. The van der Waals surface area contributed by atoms with E-state index in [-0.39, 0.29) is 24.3 Å². The number of anilines is 1. The Kier molecular flexibility index (Phi) is 5.10. The van der Waals surface area contributed by atoms with Crippen molar-refractivity contribution in [3.8, 4) is 0 Å². The van der Waals surface area contributed by atoms with Gasteiger partial charge in [-0.05, 0) is 13.0 Å². The van der Waals surface area contributed by atoms with Crippen LogP contribution in [0.15, 0.2) is 36.7 Å². The molecule has 0 spiro atoms. The van der Waals surface area contributed by atoms with Crippen molar-refractivity contribution in [3.63, 3.8) is 0 Å². The molecule has 2 heterocycles. The van der Waals surface area contributed by atoms with Crippen LogP contribution in [0.2, 0.25) is 0 Å². The van der Waals surface area contributed by atoms with Gasteiger partial charge < -0.3 is 15.0 Å². The molecule has 128 valence electrons. The predicted octanol–water partition coefficient (Wildman–Crippen LogP) is 2.05. The summed E-state index contributed by atoms with van der Waals surface area (Å²) in [7, 11) is 0. The zero-order valence-electron chi connectivity index (χ0n) is 13.6. The Hall–Kier alpha value is -2.41. The van der Waals surface area contributed by atoms with Gasteiger partial charge in [0.1, 0.15) is 12.4 Å². The Morgan fingerprint density at radius 2 is 2.12 bits per heavy atom. The second-order valence-electron chi connectivity index (χ2n) is 5.81. The van der Waals surface area contributed by atoms with E-state index in [1.165, 1.54) is 6.07 Å². The van der Waals surface area contributed by atoms with E-state index in [1.54, 1.807) is 40.2 Å². The van der Waals surface area contributed by atoms with E-state index in [0.29, 0.717) is 31.9 Å². The zero-order chi connectivity index (χ0) is 16.9. The van der Waals surface area contributed by atoms with Crippen LogP contribution in [0.5, 0.6) is 0 Å². The number of aromatic nitrogens is 2. The first kappa shape index (κ1) is 16.4. The molecule has 0 saturated carbocycles. The largest absolute Gasteiger partial charge is 0.378 e. The number of ether oxygens (including phenoxy) is 1. The molecule has 1 atom stereocenters. The molecular weight excluding hydrogens is 311 g/mol. The summed E-state index contributed by atoms with van der Waals surface area (Å²) in [5.41, 5.74) is 1.34. The highest BCUT2D eigenvalue weighted by Crippen LogP contribution is 2.21. The van der Waals surface area contributed by atoms with Crippen molar-refractivity contribution in [2.75, 3.05) is 31.6 Å². The van der Waals surface area contributed by atoms with Gasteiger partial charge in [0.15, 0.2) is 0 Å². The van der Waals surface area contributed by atoms with E-state index in [9.17, 15) is 9.18 Å². The average molecular weight is 332 g/mol. The van der Waals surface area contributed by atoms with Crippen molar-refractivity contribution in [1.82, 2.24) is 14.7 Å². The zero-order valence-corrected chi connectivity index (χ0v) is 13.6. The third-order valence-corrected chi connectivity index (χ3v) is 4.05. The lowest BCUT2D eigenvalue weighted by Gasteiger charge is -2.26. The maximum Gasteiger partial charge on any atom is 0.244 e. The van der Waals surface area contributed by atoms with Gasteiger partial charge in [-0.3, -0.25) is 9.48 Å². The molecule has 1 N–H and O–H groups in total. The van der Waals surface area contributed by atoms with Crippen molar-refractivity contribution >= 4 is 11.6 Å². The lowest BCUT2D eigenvalue weighted by atomic mass is 10.1. The van der Waals surface area contributed by atoms with Gasteiger partial charge in [-0.25, -0.2) is 4.39 Å². The molecule has 0 bridgehead atoms. The van der Waals surface area contributed by atoms with Crippen LogP contribution in [0.25, 0.3) is 0 Å². The molecular formula is C17H21FN4O2. The van der Waals surface area contributed by atoms with Crippen LogP contribution in [0.3, 0.4) is 0 Å². The lowest BCUT2D eigenvalue weighted by molar-refractivity contribution is -0.136. The third kappa shape index (κ3) is 3.91. The molecule has 0 unspecified atom stereocenters. The minimum atomic E-state index is -0.243. The van der Waals surface area contributed by atoms with Crippen molar-refractivity contribution in [2.45, 2.75) is 19.5 Å². The topological polar surface area (TPSA) is 59.4 Å². The van der Waals surface area contributed by atoms with Crippen LogP contribution in [-0.2, 0) is 16.1 Å². The van der Waals surface area contributed by atoms with Gasteiger partial charge in [0.05, 0.1) is 31.1 Å². The van der Waals surface area contributed by atoms with Gasteiger partial charge >= 0.3 is 0 Å². The summed E-state index contributed by atoms with van der Waals surface area (Å²) in [4.78, 5) is 14.0. The van der Waals surface area contributed by atoms with Crippen molar-refractivity contribution in [2.24, 2.45) is 0 Å². The molecule has 0 aliphatic carbocycles. The van der Waals surface area contributed by atoms with E-state index >= 15 is 0 Å². The van der Waals surface area contributed by atoms with Gasteiger partial charge in [0.25, 0.3) is 0 Å². The first-order valence-electron chi connectivity index (χ1n) is 8.02. The Labute approximate surface area is 140 Å². The summed E-state index contributed by atoms with van der Waals surface area (Å²) in [6, 6.07) is 6.47. The van der Waals surface area contributed by atoms with Crippen molar-refractivity contribution in [1.29, 1.82) is 0 Å². The number of nitrogens with one attached hydrogen (secondary N) is 1. The molecule has 6 nitrogen and oxygen atoms in total. The molecule has 3 rings (SSSR count). The van der Waals surface area contributed by atoms with E-state index in [0.717, 1.165) is 5.69 Å². The summed E-state index contributed by atoms with van der Waals surface area (Å²) in [5, 5.41) is 7.41. The normalized spacial score (nSPS) is 16.0. The van der Waals surface area contributed by atoms with E-state index < -0.39 is 0 Å². The smallest absolute Gasteiger partial charge is 0.244 e. The summed E-state index contributed by atoms with van der Waals surface area (Å²) < 4.78 is 20.6. The molecule has 1 aliphatic rings. The van der Waals surface area contributed by atoms with E-state index in [4.69, 9.17) is 4.74 Å². The first-order chi connectivity index (χ1) is 11.6. The molecule has 1 aliphatic heterocycles. The second-order valence-corrected chi connectivity index (χ2v) is 5.81. The molecule has 24 heavy (non-hydrogen) atoms. The number of amides is 1. The number of hydrogen-bond donors (Lipinski definition) is 1. The fourth-order valence-corrected chi connectivity index (χ4v) is 2.73. The summed E-state index contributed by atoms with van der Waals surface area (Å²) in [6.45, 7) is 4.48. The highest BCUT2D eigenvalue weighted by atomic mass is 19.1. The lowest BCUT2D eigenvalue weighted by Crippen LogP contribution is -2.42. The highest BCUT2D eigenvalue weighted by Gasteiger charge is 2.17. The summed E-state index contributed by atoms with van der Waals surface area (Å²) in [5.74, 6) is -0.220. The molecule has 1 amide bonds. The average Bonchev–Trinajstić information content (AvgIpc) is 3.02. The Balaban J connectivity index is 1.59. The van der Waals surface area contributed by atoms with E-state index in [2.05, 4.69) is 10.4 Å². The summed E-state index contributed by atoms with van der Waals surface area (Å²) >= 11 is 0. The fraction of sp³-hybridized carbons (Fsp3) is 0.412. The standard InChI is InChI=1S/C17H21FN4O2/c1-13(15-4-2-3-5-16(15)18)20-14-10-19-22(11-14)12-17(23)21-6-8-24-9-7-21/h2-5,10-11,13,20H,6-9,12H2,1H3/t13-/m1/s1. The molecule has 7 heteroatoms. The van der Waals surface area contributed by atoms with E-state index in [1.807, 2.05) is 6.92 Å². The number of carbonyl (C=O) groups excluding carboxylic acids is 1. The molecule has 1 aromatic carbocycles. The monoisotopic (exact) mass is 332 g/mol. The predicted molar refractivity (Wildman–Crippen MR) is 88.1 cm³/mol. The Morgan fingerprint density at radius 1 is 1.38 bits per heavy atom. The number of benzene rings is 1. The van der Waals surface area contributed by atoms with Gasteiger partial charge in [-0.15, -0.1) is 0 Å². The van der Waals surface area contributed by atoms with Gasteiger partial charge in [-0.1, -0.05) is 18.2 Å². The summed E-state index contributed by atoms with van der Waals surface area (Å²) in [6.07, 6.45) is 3.40. The van der Waals surface area contributed by atoms with Crippen LogP contribution in [0.4, 0.5) is 10.1 Å². The minimum Gasteiger partial charge on any atom is -0.378 e. The first-order valence-corrected chi connectivity index (χ1v) is 8.02. The van der Waals surface area contributed by atoms with Crippen LogP contribution in [0.1, 0.15) is 18.5 Å². The minimum absolute atomic E-state index is 0.0232. The van der Waals surface area contributed by atoms with Crippen molar-refractivity contribution in [3.05, 3.63) is 48.0 Å². The highest BCUT2D eigenvalue weighted by molar-refractivity contribution is 5.76. The van der Waals surface area contributed by atoms with Crippen molar-refractivity contribution < 1.29 is 13.9 Å². The third-order valence-electron chi connectivity index (χ3n) is 4.05. The maximum atomic E-state index is 13.8. The number of morpholine rings is 1. The quantitative estimate of drug-likeness (QED) is 0.910. The second kappa shape index (κ2) is 7.44. The van der Waals surface area contributed by atoms with Crippen LogP contribution < -0.4 is 5.32 Å². The SMILES string of the molecule is C[C@@H](Nc1cnn(CC(=O)N2CCOCC2)c1)c1ccccc1F. The fourth-order valence-electron chi connectivity index (χ4n) is 2.73. The number of nitrogens with zero attached hydrogens (tertiary/aromatic N) is 3. The van der Waals surface area contributed by atoms with Gasteiger partial charge in [-0.2, -0.15) is 5.10 Å². The van der Waals surface area contributed by atoms with Gasteiger partial charge in [0, 0.05) is 24.8 Å². The number of carbonyl (C=O) groups is 1. The van der Waals surface area contributed by atoms with Crippen LogP contribution >= 0.6 is 0 Å². The number of hydrogen-bond acceptors (Lipinski definition) is 4. The van der Waals surface area contributed by atoms with Gasteiger partial charge in [0.2, 0.25) is 5.91 Å². The molecule has 1 saturated heterocycles. The number of rotatable bonds is 5. The molecule has 1 fully saturated rings. The molecule has 1 aromatic heterocycles. The Morgan fingerprint density at radius 3 is 2.88 bits per heavy atom. The van der Waals surface area contributed by atoms with Crippen LogP contribution in [-0.4, -0.2) is 46.9 Å². The maximum absolute atomic E-state index is 13.8. The van der Waals surface area contributed by atoms with Crippen LogP contribution in [0, 0.1) is 5.82 Å².